The summed E-state index contributed by atoms with van der Waals surface area (Å²) >= 11 is 5.91. The fourth-order valence-electron chi connectivity index (χ4n) is 2.13. The number of nitrogens with zero attached hydrogens (tertiary/aromatic N) is 2. The molecule has 0 fully saturated rings. The molecule has 0 atom stereocenters. The molecule has 0 spiro atoms. The SMILES string of the molecule is Cc1cc(S(=O)(=O)Nc2ccc(Nc3ccccc3F)nn2)ccc1Cl. The van der Waals surface area contributed by atoms with Gasteiger partial charge in [0.15, 0.2) is 11.6 Å². The number of anilines is 3. The normalized spacial score (nSPS) is 11.2. The van der Waals surface area contributed by atoms with Crippen LogP contribution in [0.5, 0.6) is 0 Å². The van der Waals surface area contributed by atoms with Crippen LogP contribution in [0, 0.1) is 12.7 Å². The lowest BCUT2D eigenvalue weighted by Crippen LogP contribution is -2.14. The second kappa shape index (κ2) is 7.27. The molecule has 0 bridgehead atoms. The highest BCUT2D eigenvalue weighted by molar-refractivity contribution is 7.92. The molecule has 3 aromatic rings. The third-order valence-electron chi connectivity index (χ3n) is 3.48. The van der Waals surface area contributed by atoms with Crippen molar-refractivity contribution in [2.75, 3.05) is 10.0 Å². The van der Waals surface area contributed by atoms with E-state index in [-0.39, 0.29) is 22.2 Å². The Balaban J connectivity index is 1.76. The van der Waals surface area contributed by atoms with E-state index in [4.69, 9.17) is 11.6 Å². The number of hydrogen-bond acceptors (Lipinski definition) is 5. The van der Waals surface area contributed by atoms with Crippen LogP contribution in [0.15, 0.2) is 59.5 Å². The first-order valence-electron chi connectivity index (χ1n) is 7.49. The maximum absolute atomic E-state index is 13.6. The van der Waals surface area contributed by atoms with Crippen LogP contribution in [0.4, 0.5) is 21.7 Å². The smallest absolute Gasteiger partial charge is 0.263 e. The maximum atomic E-state index is 13.6. The van der Waals surface area contributed by atoms with E-state index < -0.39 is 15.8 Å². The minimum Gasteiger partial charge on any atom is -0.336 e. The lowest BCUT2D eigenvalue weighted by Gasteiger charge is -2.09. The van der Waals surface area contributed by atoms with E-state index in [2.05, 4.69) is 20.2 Å². The first-order valence-corrected chi connectivity index (χ1v) is 9.35. The molecule has 0 aliphatic heterocycles. The van der Waals surface area contributed by atoms with Gasteiger partial charge in [-0.15, -0.1) is 10.2 Å². The molecule has 1 aromatic heterocycles. The number of sulfonamides is 1. The van der Waals surface area contributed by atoms with Gasteiger partial charge >= 0.3 is 0 Å². The first kappa shape index (κ1) is 18.1. The van der Waals surface area contributed by atoms with E-state index in [0.717, 1.165) is 0 Å². The van der Waals surface area contributed by atoms with E-state index in [9.17, 15) is 12.8 Å². The predicted octanol–water partition coefficient (Wildman–Crippen LogP) is 4.12. The molecule has 26 heavy (non-hydrogen) atoms. The van der Waals surface area contributed by atoms with Gasteiger partial charge in [-0.3, -0.25) is 4.72 Å². The fraction of sp³-hybridized carbons (Fsp3) is 0.0588. The van der Waals surface area contributed by atoms with Crippen LogP contribution in [-0.4, -0.2) is 18.6 Å². The molecule has 0 saturated heterocycles. The molecule has 0 saturated carbocycles. The number of rotatable bonds is 5. The Labute approximate surface area is 155 Å². The zero-order valence-electron chi connectivity index (χ0n) is 13.6. The van der Waals surface area contributed by atoms with Crippen LogP contribution >= 0.6 is 11.6 Å². The quantitative estimate of drug-likeness (QED) is 0.682. The highest BCUT2D eigenvalue weighted by Gasteiger charge is 2.16. The lowest BCUT2D eigenvalue weighted by molar-refractivity contribution is 0.601. The van der Waals surface area contributed by atoms with E-state index in [1.807, 2.05) is 0 Å². The predicted molar refractivity (Wildman–Crippen MR) is 98.7 cm³/mol. The molecule has 0 radical (unpaired) electrons. The van der Waals surface area contributed by atoms with Crippen LogP contribution in [0.1, 0.15) is 5.56 Å². The Morgan fingerprint density at radius 3 is 2.35 bits per heavy atom. The summed E-state index contributed by atoms with van der Waals surface area (Å²) in [6.45, 7) is 1.71. The van der Waals surface area contributed by atoms with E-state index >= 15 is 0 Å². The number of nitrogens with one attached hydrogen (secondary N) is 2. The van der Waals surface area contributed by atoms with Crippen molar-refractivity contribution in [3.8, 4) is 0 Å². The fourth-order valence-corrected chi connectivity index (χ4v) is 3.33. The van der Waals surface area contributed by atoms with Gasteiger partial charge in [-0.1, -0.05) is 23.7 Å². The average molecular weight is 393 g/mol. The van der Waals surface area contributed by atoms with Gasteiger partial charge in [0.1, 0.15) is 5.82 Å². The Kier molecular flexibility index (Phi) is 5.06. The summed E-state index contributed by atoms with van der Waals surface area (Å²) in [6, 6.07) is 13.4. The third-order valence-corrected chi connectivity index (χ3v) is 5.26. The molecule has 2 N–H and O–H groups in total. The average Bonchev–Trinajstić information content (AvgIpc) is 2.60. The van der Waals surface area contributed by atoms with Gasteiger partial charge < -0.3 is 5.32 Å². The van der Waals surface area contributed by atoms with Gasteiger partial charge in [0, 0.05) is 5.02 Å². The molecule has 134 valence electrons. The number of halogens is 2. The minimum absolute atomic E-state index is 0.0386. The van der Waals surface area contributed by atoms with E-state index in [0.29, 0.717) is 10.6 Å². The summed E-state index contributed by atoms with van der Waals surface area (Å²) in [4.78, 5) is 0.0646. The molecule has 9 heteroatoms. The van der Waals surface area contributed by atoms with Gasteiger partial charge in [0.25, 0.3) is 10.0 Å². The van der Waals surface area contributed by atoms with Crippen molar-refractivity contribution in [1.29, 1.82) is 0 Å². The summed E-state index contributed by atoms with van der Waals surface area (Å²) in [5.74, 6) is -0.116. The second-order valence-electron chi connectivity index (χ2n) is 5.43. The van der Waals surface area contributed by atoms with Crippen molar-refractivity contribution in [1.82, 2.24) is 10.2 Å². The zero-order chi connectivity index (χ0) is 18.7. The second-order valence-corrected chi connectivity index (χ2v) is 7.51. The summed E-state index contributed by atoms with van der Waals surface area (Å²) in [5, 5.41) is 10.9. The molecule has 1 heterocycles. The Morgan fingerprint density at radius 1 is 1.00 bits per heavy atom. The zero-order valence-corrected chi connectivity index (χ0v) is 15.1. The Hall–Kier alpha value is -2.71. The summed E-state index contributed by atoms with van der Waals surface area (Å²) < 4.78 is 40.7. The molecule has 0 aliphatic carbocycles. The summed E-state index contributed by atoms with van der Waals surface area (Å²) in [6.07, 6.45) is 0. The molecular formula is C17H14ClFN4O2S. The molecule has 2 aromatic carbocycles. The standard InChI is InChI=1S/C17H14ClFN4O2S/c1-11-10-12(6-7-13(11)18)26(24,25)23-17-9-8-16(21-22-17)20-15-5-3-2-4-14(15)19/h2-10H,1H3,(H,20,21)(H,22,23). The molecule has 0 aliphatic rings. The van der Waals surface area contributed by atoms with Gasteiger partial charge in [-0.25, -0.2) is 12.8 Å². The molecule has 3 rings (SSSR count). The third kappa shape index (κ3) is 4.09. The number of aromatic nitrogens is 2. The van der Waals surface area contributed by atoms with Crippen LogP contribution in [0.3, 0.4) is 0 Å². The van der Waals surface area contributed by atoms with E-state index in [1.54, 1.807) is 25.1 Å². The van der Waals surface area contributed by atoms with Crippen molar-refractivity contribution in [3.05, 3.63) is 71.0 Å². The lowest BCUT2D eigenvalue weighted by atomic mass is 10.2. The van der Waals surface area contributed by atoms with Gasteiger partial charge in [0.05, 0.1) is 10.6 Å². The minimum atomic E-state index is -3.82. The number of benzene rings is 2. The van der Waals surface area contributed by atoms with Gasteiger partial charge in [0.2, 0.25) is 0 Å². The molecule has 0 unspecified atom stereocenters. The maximum Gasteiger partial charge on any atom is 0.263 e. The molecule has 0 amide bonds. The number of aryl methyl sites for hydroxylation is 1. The van der Waals surface area contributed by atoms with Crippen molar-refractivity contribution in [2.24, 2.45) is 0 Å². The summed E-state index contributed by atoms with van der Waals surface area (Å²) in [5.41, 5.74) is 0.886. The van der Waals surface area contributed by atoms with Crippen LogP contribution < -0.4 is 10.0 Å². The first-order chi connectivity index (χ1) is 12.3. The van der Waals surface area contributed by atoms with Crippen molar-refractivity contribution < 1.29 is 12.8 Å². The highest BCUT2D eigenvalue weighted by Crippen LogP contribution is 2.22. The van der Waals surface area contributed by atoms with E-state index in [1.165, 1.54) is 36.4 Å². The van der Waals surface area contributed by atoms with Crippen LogP contribution in [0.2, 0.25) is 5.02 Å². The highest BCUT2D eigenvalue weighted by atomic mass is 35.5. The number of para-hydroxylation sites is 1. The van der Waals surface area contributed by atoms with Crippen LogP contribution in [0.25, 0.3) is 0 Å². The Morgan fingerprint density at radius 2 is 1.69 bits per heavy atom. The van der Waals surface area contributed by atoms with Crippen molar-refractivity contribution in [3.63, 3.8) is 0 Å². The molecular weight excluding hydrogens is 379 g/mol. The van der Waals surface area contributed by atoms with Crippen molar-refractivity contribution in [2.45, 2.75) is 11.8 Å². The Bertz CT molecular complexity index is 1040. The van der Waals surface area contributed by atoms with Crippen molar-refractivity contribution >= 4 is 38.9 Å². The topological polar surface area (TPSA) is 84.0 Å². The molecule has 6 nitrogen and oxygen atoms in total. The summed E-state index contributed by atoms with van der Waals surface area (Å²) in [7, 11) is -3.82. The largest absolute Gasteiger partial charge is 0.336 e. The number of hydrogen-bond donors (Lipinski definition) is 2. The monoisotopic (exact) mass is 392 g/mol. The van der Waals surface area contributed by atoms with Crippen LogP contribution in [-0.2, 0) is 10.0 Å². The van der Waals surface area contributed by atoms with Gasteiger partial charge in [-0.2, -0.15) is 0 Å². The van der Waals surface area contributed by atoms with Gasteiger partial charge in [-0.05, 0) is 55.0 Å².